The number of hydrogen-bond acceptors (Lipinski definition) is 3. The molecule has 4 nitrogen and oxygen atoms in total. The lowest BCUT2D eigenvalue weighted by molar-refractivity contribution is 0.0980. The molecule has 1 aromatic rings. The molecule has 0 aliphatic heterocycles. The molecule has 0 saturated heterocycles. The first kappa shape index (κ1) is 14.6. The zero-order valence-corrected chi connectivity index (χ0v) is 10.9. The van der Waals surface area contributed by atoms with Gasteiger partial charge in [0.1, 0.15) is 11.6 Å². The monoisotopic (exact) mass is 277 g/mol. The molecule has 0 aliphatic carbocycles. The normalized spacial score (nSPS) is 11.7. The summed E-state index contributed by atoms with van der Waals surface area (Å²) in [4.78, 5) is 11.4. The molecular formula is C11H13F2NO3S. The molecule has 1 N–H and O–H groups in total. The average Bonchev–Trinajstić information content (AvgIpc) is 2.12. The van der Waals surface area contributed by atoms with Crippen molar-refractivity contribution < 1.29 is 22.0 Å². The minimum Gasteiger partial charge on any atom is -0.268 e. The van der Waals surface area contributed by atoms with E-state index in [1.807, 2.05) is 0 Å². The Morgan fingerprint density at radius 2 is 1.67 bits per heavy atom. The third kappa shape index (κ3) is 3.49. The quantitative estimate of drug-likeness (QED) is 0.916. The Hall–Kier alpha value is -1.50. The SMILES string of the molecule is CC(C)c1c(F)cc(C(=O)NS(C)(=O)=O)cc1F. The van der Waals surface area contributed by atoms with Crippen LogP contribution in [0.5, 0.6) is 0 Å². The largest absolute Gasteiger partial charge is 0.268 e. The lowest BCUT2D eigenvalue weighted by Crippen LogP contribution is -2.29. The average molecular weight is 277 g/mol. The second-order valence-corrected chi connectivity index (χ2v) is 5.96. The van der Waals surface area contributed by atoms with Crippen LogP contribution in [0, 0.1) is 11.6 Å². The summed E-state index contributed by atoms with van der Waals surface area (Å²) in [5.74, 6) is -3.19. The minimum atomic E-state index is -3.77. The zero-order valence-electron chi connectivity index (χ0n) is 10.1. The van der Waals surface area contributed by atoms with Gasteiger partial charge >= 0.3 is 0 Å². The lowest BCUT2D eigenvalue weighted by atomic mass is 10.00. The number of benzene rings is 1. The summed E-state index contributed by atoms with van der Waals surface area (Å²) in [7, 11) is -3.77. The topological polar surface area (TPSA) is 63.2 Å². The van der Waals surface area contributed by atoms with E-state index in [0.717, 1.165) is 18.4 Å². The van der Waals surface area contributed by atoms with Crippen molar-refractivity contribution >= 4 is 15.9 Å². The van der Waals surface area contributed by atoms with E-state index in [4.69, 9.17) is 0 Å². The van der Waals surface area contributed by atoms with Crippen molar-refractivity contribution in [3.05, 3.63) is 34.9 Å². The van der Waals surface area contributed by atoms with Gasteiger partial charge in [0.05, 0.1) is 6.26 Å². The number of carbonyl (C=O) groups excluding carboxylic acids is 1. The molecule has 18 heavy (non-hydrogen) atoms. The predicted molar refractivity (Wildman–Crippen MR) is 62.8 cm³/mol. The molecule has 1 aromatic carbocycles. The van der Waals surface area contributed by atoms with Gasteiger partial charge in [-0.15, -0.1) is 0 Å². The maximum Gasteiger partial charge on any atom is 0.264 e. The number of carbonyl (C=O) groups is 1. The standard InChI is InChI=1S/C11H13F2NO3S/c1-6(2)10-8(12)4-7(5-9(10)13)11(15)14-18(3,16)17/h4-6H,1-3H3,(H,14,15). The summed E-state index contributed by atoms with van der Waals surface area (Å²) >= 11 is 0. The van der Waals surface area contributed by atoms with Crippen molar-refractivity contribution in [2.24, 2.45) is 0 Å². The highest BCUT2D eigenvalue weighted by Gasteiger charge is 2.18. The molecule has 0 spiro atoms. The van der Waals surface area contributed by atoms with E-state index < -0.39 is 27.6 Å². The van der Waals surface area contributed by atoms with Crippen LogP contribution in [-0.4, -0.2) is 20.6 Å². The third-order valence-corrected chi connectivity index (χ3v) is 2.75. The van der Waals surface area contributed by atoms with E-state index in [2.05, 4.69) is 0 Å². The summed E-state index contributed by atoms with van der Waals surface area (Å²) in [6.45, 7) is 3.22. The van der Waals surface area contributed by atoms with Gasteiger partial charge in [0.2, 0.25) is 10.0 Å². The maximum atomic E-state index is 13.6. The summed E-state index contributed by atoms with van der Waals surface area (Å²) in [6, 6.07) is 1.64. The van der Waals surface area contributed by atoms with Gasteiger partial charge < -0.3 is 0 Å². The second kappa shape index (κ2) is 5.01. The van der Waals surface area contributed by atoms with E-state index in [9.17, 15) is 22.0 Å². The maximum absolute atomic E-state index is 13.6. The molecule has 0 bridgehead atoms. The number of hydrogen-bond donors (Lipinski definition) is 1. The molecule has 100 valence electrons. The Balaban J connectivity index is 3.18. The zero-order chi connectivity index (χ0) is 14.1. The first-order valence-corrected chi connectivity index (χ1v) is 7.02. The van der Waals surface area contributed by atoms with E-state index in [-0.39, 0.29) is 17.0 Å². The van der Waals surface area contributed by atoms with Gasteiger partial charge in [-0.05, 0) is 18.1 Å². The third-order valence-electron chi connectivity index (χ3n) is 2.20. The molecule has 0 aromatic heterocycles. The smallest absolute Gasteiger partial charge is 0.264 e. The van der Waals surface area contributed by atoms with E-state index in [1.165, 1.54) is 0 Å². The Labute approximate surface area is 104 Å². The molecule has 0 radical (unpaired) electrons. The van der Waals surface area contributed by atoms with E-state index >= 15 is 0 Å². The van der Waals surface area contributed by atoms with Gasteiger partial charge in [-0.2, -0.15) is 0 Å². The second-order valence-electron chi connectivity index (χ2n) is 4.21. The molecule has 0 aliphatic rings. The number of nitrogens with one attached hydrogen (secondary N) is 1. The Morgan fingerprint density at radius 1 is 1.22 bits per heavy atom. The van der Waals surface area contributed by atoms with Crippen molar-refractivity contribution in [1.29, 1.82) is 0 Å². The molecule has 1 rings (SSSR count). The van der Waals surface area contributed by atoms with Gasteiger partial charge in [-0.25, -0.2) is 21.9 Å². The van der Waals surface area contributed by atoms with Crippen LogP contribution in [-0.2, 0) is 10.0 Å². The fraction of sp³-hybridized carbons (Fsp3) is 0.364. The summed E-state index contributed by atoms with van der Waals surface area (Å²) in [6.07, 6.45) is 0.778. The van der Waals surface area contributed by atoms with Crippen molar-refractivity contribution in [2.45, 2.75) is 19.8 Å². The van der Waals surface area contributed by atoms with Crippen LogP contribution in [0.1, 0.15) is 35.7 Å². The van der Waals surface area contributed by atoms with Crippen LogP contribution in [0.15, 0.2) is 12.1 Å². The van der Waals surface area contributed by atoms with Gasteiger partial charge in [-0.1, -0.05) is 13.8 Å². The molecule has 0 heterocycles. The summed E-state index contributed by atoms with van der Waals surface area (Å²) < 4.78 is 50.5. The van der Waals surface area contributed by atoms with Crippen molar-refractivity contribution in [3.63, 3.8) is 0 Å². The van der Waals surface area contributed by atoms with Crippen LogP contribution in [0.4, 0.5) is 8.78 Å². The first-order valence-electron chi connectivity index (χ1n) is 5.13. The van der Waals surface area contributed by atoms with Gasteiger partial charge in [0.25, 0.3) is 5.91 Å². The molecular weight excluding hydrogens is 264 g/mol. The van der Waals surface area contributed by atoms with E-state index in [1.54, 1.807) is 18.6 Å². The molecule has 0 fully saturated rings. The fourth-order valence-corrected chi connectivity index (χ4v) is 1.95. The Kier molecular flexibility index (Phi) is 4.05. The first-order chi connectivity index (χ1) is 8.11. The van der Waals surface area contributed by atoms with Crippen molar-refractivity contribution in [3.8, 4) is 0 Å². The number of sulfonamides is 1. The Bertz CT molecular complexity index is 559. The number of halogens is 2. The Morgan fingerprint density at radius 3 is 2.00 bits per heavy atom. The number of rotatable bonds is 3. The molecule has 7 heteroatoms. The molecule has 1 amide bonds. The highest BCUT2D eigenvalue weighted by atomic mass is 32.2. The molecule has 0 atom stereocenters. The van der Waals surface area contributed by atoms with Crippen LogP contribution >= 0.6 is 0 Å². The minimum absolute atomic E-state index is 0.133. The van der Waals surface area contributed by atoms with Gasteiger partial charge in [0.15, 0.2) is 0 Å². The van der Waals surface area contributed by atoms with Crippen LogP contribution < -0.4 is 4.72 Å². The van der Waals surface area contributed by atoms with Gasteiger partial charge in [0, 0.05) is 11.1 Å². The van der Waals surface area contributed by atoms with Crippen LogP contribution in [0.2, 0.25) is 0 Å². The van der Waals surface area contributed by atoms with Gasteiger partial charge in [-0.3, -0.25) is 4.79 Å². The predicted octanol–water partition coefficient (Wildman–Crippen LogP) is 1.78. The summed E-state index contributed by atoms with van der Waals surface area (Å²) in [5.41, 5.74) is -0.509. The van der Waals surface area contributed by atoms with Crippen LogP contribution in [0.3, 0.4) is 0 Å². The van der Waals surface area contributed by atoms with Crippen molar-refractivity contribution in [1.82, 2.24) is 4.72 Å². The highest BCUT2D eigenvalue weighted by Crippen LogP contribution is 2.23. The highest BCUT2D eigenvalue weighted by molar-refractivity contribution is 7.89. The van der Waals surface area contributed by atoms with Crippen LogP contribution in [0.25, 0.3) is 0 Å². The van der Waals surface area contributed by atoms with Crippen molar-refractivity contribution in [2.75, 3.05) is 6.26 Å². The summed E-state index contributed by atoms with van der Waals surface area (Å²) in [5, 5.41) is 0. The fourth-order valence-electron chi connectivity index (χ4n) is 1.49. The molecule has 0 unspecified atom stereocenters. The lowest BCUT2D eigenvalue weighted by Gasteiger charge is -2.10. The molecule has 0 saturated carbocycles. The number of amides is 1. The van der Waals surface area contributed by atoms with E-state index in [0.29, 0.717) is 0 Å².